The minimum atomic E-state index is -5.06. The highest BCUT2D eigenvalue weighted by Crippen LogP contribution is 2.68. The lowest BCUT2D eigenvalue weighted by Gasteiger charge is -2.48. The number of imidazole rings is 2. The Hall–Kier alpha value is -3.43. The Bertz CT molecular complexity index is 2080. The van der Waals surface area contributed by atoms with Gasteiger partial charge in [-0.1, -0.05) is 0 Å². The number of hydrogen-bond donors (Lipinski definition) is 5. The van der Waals surface area contributed by atoms with Crippen LogP contribution < -0.4 is 17.0 Å². The molecule has 7 N–H and O–H groups in total. The number of rotatable bonds is 3. The van der Waals surface area contributed by atoms with E-state index in [1.807, 2.05) is 0 Å². The largest absolute Gasteiger partial charge is 0.472 e. The Morgan fingerprint density at radius 3 is 2.56 bits per heavy atom. The van der Waals surface area contributed by atoms with E-state index in [9.17, 15) is 23.7 Å². The summed E-state index contributed by atoms with van der Waals surface area (Å²) in [6.45, 7) is -1.29. The minimum absolute atomic E-state index is 0.0543. The fourth-order valence-corrected chi connectivity index (χ4v) is 9.45. The van der Waals surface area contributed by atoms with Crippen molar-refractivity contribution in [3.05, 3.63) is 29.3 Å². The Labute approximate surface area is 267 Å². The SMILES string of the molecule is CO[C@H]1[C@H]2OP(=O)(O)OC[C@@]34CC[C@@H]3[C@@H](n3cnc5c(N)ncnc53)[C@H](F)[C@@H]4OP(=O)(O)OC[C@H]1O[C@H]2n1cnc2c(=O)[nH]c(N)nc21. The standard InChI is InChI=1S/C24H29FN10O11P2/c1-41-15-10-4-42-47(37,38)46-17-11(25)14(34-7-30-12-18(26)28-6-29-19(12)34)9-2-3-24(9,17)5-43-48(39,40)45-16(15)22(44-10)35-8-31-13-20(35)32-23(27)33-21(13)36/h6-11,14-17,22H,2-5H2,1H3,(H,37,38)(H,39,40)(H2,26,28,29)(H3,27,32,33,36)/t9-,10-,11+,14-,15-,16-,17+,22-,24+/m1/s1. The molecule has 2 saturated carbocycles. The molecule has 2 saturated heterocycles. The molecule has 4 aromatic rings. The van der Waals surface area contributed by atoms with Crippen LogP contribution in [0.1, 0.15) is 25.1 Å². The molecule has 24 heteroatoms. The number of nitrogen functional groups attached to an aromatic ring is 2. The maximum absolute atomic E-state index is 16.6. The number of phosphoric ester groups is 2. The summed E-state index contributed by atoms with van der Waals surface area (Å²) >= 11 is 0. The van der Waals surface area contributed by atoms with Gasteiger partial charge in [0.05, 0.1) is 31.9 Å². The van der Waals surface area contributed by atoms with E-state index in [1.54, 1.807) is 0 Å². The number of halogens is 1. The Kier molecular flexibility index (Phi) is 7.32. The van der Waals surface area contributed by atoms with Crippen molar-refractivity contribution in [1.29, 1.82) is 0 Å². The number of nitrogens with zero attached hydrogens (tertiary/aromatic N) is 7. The average molecular weight is 715 g/mol. The van der Waals surface area contributed by atoms with Gasteiger partial charge in [0, 0.05) is 12.5 Å². The van der Waals surface area contributed by atoms with Crippen molar-refractivity contribution in [3.63, 3.8) is 0 Å². The van der Waals surface area contributed by atoms with Gasteiger partial charge < -0.3 is 35.3 Å². The average Bonchev–Trinajstić information content (AvgIpc) is 3.75. The molecule has 2 unspecified atom stereocenters. The Morgan fingerprint density at radius 1 is 1.06 bits per heavy atom. The molecule has 2 aliphatic carbocycles. The number of fused-ring (bicyclic) bond motifs is 4. The van der Waals surface area contributed by atoms with Gasteiger partial charge in [-0.15, -0.1) is 0 Å². The molecule has 48 heavy (non-hydrogen) atoms. The van der Waals surface area contributed by atoms with Gasteiger partial charge in [-0.2, -0.15) is 4.98 Å². The van der Waals surface area contributed by atoms with E-state index >= 15 is 4.39 Å². The molecule has 8 rings (SSSR count). The van der Waals surface area contributed by atoms with Gasteiger partial charge in [0.15, 0.2) is 28.9 Å². The van der Waals surface area contributed by atoms with Crippen molar-refractivity contribution in [2.75, 3.05) is 31.8 Å². The number of aromatic amines is 1. The lowest BCUT2D eigenvalue weighted by atomic mass is 9.60. The van der Waals surface area contributed by atoms with Crippen molar-refractivity contribution in [2.24, 2.45) is 11.3 Å². The Morgan fingerprint density at radius 2 is 1.81 bits per heavy atom. The maximum Gasteiger partial charge on any atom is 0.472 e. The molecule has 11 atom stereocenters. The van der Waals surface area contributed by atoms with Gasteiger partial charge in [-0.25, -0.2) is 33.5 Å². The summed E-state index contributed by atoms with van der Waals surface area (Å²) in [5, 5.41) is 0. The molecule has 21 nitrogen and oxygen atoms in total. The van der Waals surface area contributed by atoms with E-state index in [4.69, 9.17) is 39.0 Å². The van der Waals surface area contributed by atoms with Crippen LogP contribution in [0, 0.1) is 11.3 Å². The van der Waals surface area contributed by atoms with Gasteiger partial charge in [-0.05, 0) is 18.8 Å². The number of alkyl halides is 1. The minimum Gasteiger partial charge on any atom is -0.382 e. The summed E-state index contributed by atoms with van der Waals surface area (Å²) in [5.74, 6) is -0.806. The number of anilines is 2. The second kappa shape index (κ2) is 11.0. The zero-order valence-corrected chi connectivity index (χ0v) is 26.6. The highest BCUT2D eigenvalue weighted by molar-refractivity contribution is 7.47. The predicted octanol–water partition coefficient (Wildman–Crippen LogP) is 0.344. The number of ether oxygens (including phenoxy) is 2. The number of nitrogens with two attached hydrogens (primary N) is 2. The van der Waals surface area contributed by atoms with Crippen LogP contribution in [0.2, 0.25) is 0 Å². The molecular formula is C24H29FN10O11P2. The number of aromatic nitrogens is 8. The summed E-state index contributed by atoms with van der Waals surface area (Å²) in [7, 11) is -8.85. The number of H-pyrrole nitrogens is 1. The van der Waals surface area contributed by atoms with E-state index < -0.39 is 88.6 Å². The first kappa shape index (κ1) is 31.8. The number of methoxy groups -OCH3 is 1. The van der Waals surface area contributed by atoms with E-state index in [2.05, 4.69) is 29.9 Å². The lowest BCUT2D eigenvalue weighted by molar-refractivity contribution is -0.0993. The van der Waals surface area contributed by atoms with Crippen LogP contribution in [-0.4, -0.2) is 99.7 Å². The van der Waals surface area contributed by atoms with Gasteiger partial charge in [-0.3, -0.25) is 32.4 Å². The van der Waals surface area contributed by atoms with Crippen molar-refractivity contribution in [2.45, 2.75) is 55.7 Å². The van der Waals surface area contributed by atoms with Crippen LogP contribution in [0.25, 0.3) is 22.3 Å². The Balaban J connectivity index is 1.17. The zero-order chi connectivity index (χ0) is 33.7. The molecule has 0 amide bonds. The predicted molar refractivity (Wildman–Crippen MR) is 157 cm³/mol. The topological polar surface area (TPSA) is 289 Å². The molecule has 0 radical (unpaired) electrons. The van der Waals surface area contributed by atoms with Crippen LogP contribution in [0.5, 0.6) is 0 Å². The molecule has 258 valence electrons. The first-order valence-electron chi connectivity index (χ1n) is 14.6. The van der Waals surface area contributed by atoms with Crippen LogP contribution >= 0.6 is 15.6 Å². The van der Waals surface area contributed by atoms with E-state index in [-0.39, 0.29) is 40.5 Å². The van der Waals surface area contributed by atoms with Gasteiger partial charge in [0.1, 0.15) is 42.4 Å². The lowest BCUT2D eigenvalue weighted by Crippen LogP contribution is -2.49. The van der Waals surface area contributed by atoms with E-state index in [0.717, 1.165) is 0 Å². The van der Waals surface area contributed by atoms with Crippen molar-refractivity contribution < 1.29 is 50.9 Å². The quantitative estimate of drug-likeness (QED) is 0.179. The molecule has 2 bridgehead atoms. The van der Waals surface area contributed by atoms with Crippen molar-refractivity contribution in [1.82, 2.24) is 39.0 Å². The number of hydrogen-bond acceptors (Lipinski definition) is 16. The summed E-state index contributed by atoms with van der Waals surface area (Å²) in [6, 6.07) is -1.04. The van der Waals surface area contributed by atoms with Gasteiger partial charge >= 0.3 is 15.6 Å². The third kappa shape index (κ3) is 4.82. The molecular weight excluding hydrogens is 685 g/mol. The second-order valence-electron chi connectivity index (χ2n) is 12.0. The van der Waals surface area contributed by atoms with Crippen LogP contribution in [-0.2, 0) is 36.7 Å². The fraction of sp³-hybridized carbons (Fsp3) is 0.583. The molecule has 4 fully saturated rings. The van der Waals surface area contributed by atoms with Crippen LogP contribution in [0.3, 0.4) is 0 Å². The summed E-state index contributed by atoms with van der Waals surface area (Å²) in [5.41, 5.74) is 9.91. The maximum atomic E-state index is 16.6. The zero-order valence-electron chi connectivity index (χ0n) is 24.8. The summed E-state index contributed by atoms with van der Waals surface area (Å²) in [4.78, 5) is 57.2. The van der Waals surface area contributed by atoms with Crippen molar-refractivity contribution in [3.8, 4) is 0 Å². The molecule has 2 aliphatic heterocycles. The van der Waals surface area contributed by atoms with Crippen LogP contribution in [0.4, 0.5) is 16.2 Å². The third-order valence-electron chi connectivity index (χ3n) is 9.64. The monoisotopic (exact) mass is 714 g/mol. The van der Waals surface area contributed by atoms with Crippen molar-refractivity contribution >= 4 is 49.7 Å². The summed E-state index contributed by atoms with van der Waals surface area (Å²) in [6.07, 6.45) is -4.55. The van der Waals surface area contributed by atoms with Gasteiger partial charge in [0.2, 0.25) is 5.95 Å². The molecule has 0 aromatic carbocycles. The highest BCUT2D eigenvalue weighted by Gasteiger charge is 2.69. The number of nitrogens with one attached hydrogen (secondary N) is 1. The number of phosphoric acid groups is 2. The molecule has 4 aromatic heterocycles. The normalized spacial score (nSPS) is 40.1. The highest BCUT2D eigenvalue weighted by atomic mass is 31.2. The second-order valence-corrected chi connectivity index (χ2v) is 14.9. The van der Waals surface area contributed by atoms with E-state index in [0.29, 0.717) is 6.42 Å². The molecule has 4 aliphatic rings. The van der Waals surface area contributed by atoms with Crippen LogP contribution in [0.15, 0.2) is 23.8 Å². The first-order valence-corrected chi connectivity index (χ1v) is 17.6. The molecule has 6 heterocycles. The summed E-state index contributed by atoms with van der Waals surface area (Å²) < 4.78 is 80.1. The first-order chi connectivity index (χ1) is 22.8. The third-order valence-corrected chi connectivity index (χ3v) is 11.6. The van der Waals surface area contributed by atoms with Gasteiger partial charge in [0.25, 0.3) is 5.56 Å². The fourth-order valence-electron chi connectivity index (χ4n) is 7.44. The van der Waals surface area contributed by atoms with E-state index in [1.165, 1.54) is 35.2 Å². The smallest absolute Gasteiger partial charge is 0.382 e. The molecule has 1 spiro atoms.